The third kappa shape index (κ3) is 3.95. The topological polar surface area (TPSA) is 74.8 Å². The first-order valence-corrected chi connectivity index (χ1v) is 9.64. The summed E-state index contributed by atoms with van der Waals surface area (Å²) in [5.41, 5.74) is 1.26. The molecule has 2 fully saturated rings. The number of rotatable bonds is 4. The molecule has 2 aliphatic heterocycles. The number of aromatic nitrogens is 1. The lowest BCUT2D eigenvalue weighted by molar-refractivity contribution is -0.122. The van der Waals surface area contributed by atoms with Gasteiger partial charge in [-0.25, -0.2) is 4.98 Å². The van der Waals surface area contributed by atoms with Crippen LogP contribution in [0.1, 0.15) is 6.42 Å². The second-order valence-electron chi connectivity index (χ2n) is 6.85. The summed E-state index contributed by atoms with van der Waals surface area (Å²) in [6.45, 7) is 3.31. The van der Waals surface area contributed by atoms with Crippen molar-refractivity contribution in [2.24, 2.45) is 5.92 Å². The lowest BCUT2D eigenvalue weighted by Gasteiger charge is -2.27. The number of nitrogens with one attached hydrogen (secondary N) is 1. The van der Waals surface area contributed by atoms with Gasteiger partial charge in [0.25, 0.3) is 0 Å². The van der Waals surface area contributed by atoms with Crippen LogP contribution in [-0.2, 0) is 14.3 Å². The molecule has 2 saturated heterocycles. The fourth-order valence-corrected chi connectivity index (χ4v) is 3.71. The number of morpholine rings is 1. The zero-order chi connectivity index (χ0) is 19.5. The van der Waals surface area contributed by atoms with E-state index in [1.807, 2.05) is 24.3 Å². The maximum Gasteiger partial charge on any atom is 0.229 e. The van der Waals surface area contributed by atoms with Crippen molar-refractivity contribution < 1.29 is 14.3 Å². The van der Waals surface area contributed by atoms with E-state index >= 15 is 0 Å². The molecule has 146 valence electrons. The van der Waals surface area contributed by atoms with E-state index in [9.17, 15) is 9.59 Å². The number of amides is 2. The van der Waals surface area contributed by atoms with Crippen molar-refractivity contribution in [1.29, 1.82) is 0 Å². The first kappa shape index (κ1) is 18.7. The van der Waals surface area contributed by atoms with Crippen LogP contribution in [0, 0.1) is 5.92 Å². The highest BCUT2D eigenvalue weighted by Gasteiger charge is 2.35. The number of hydrogen-bond donors (Lipinski definition) is 1. The van der Waals surface area contributed by atoms with Gasteiger partial charge in [-0.3, -0.25) is 9.59 Å². The van der Waals surface area contributed by atoms with E-state index in [-0.39, 0.29) is 18.2 Å². The van der Waals surface area contributed by atoms with Gasteiger partial charge >= 0.3 is 0 Å². The van der Waals surface area contributed by atoms with Crippen LogP contribution in [0.3, 0.4) is 0 Å². The van der Waals surface area contributed by atoms with Crippen molar-refractivity contribution in [2.75, 3.05) is 48.0 Å². The van der Waals surface area contributed by atoms with Crippen LogP contribution in [0.25, 0.3) is 0 Å². The predicted octanol–water partition coefficient (Wildman–Crippen LogP) is 2.56. The maximum atomic E-state index is 12.6. The standard InChI is InChI=1S/C20H21ClN4O3/c21-16-3-1-2-4-17(16)25-13-14(11-19(25)26)20(27)23-15-5-6-18(22-12-15)24-7-9-28-10-8-24/h1-6,12,14H,7-11,13H2,(H,23,27). The van der Waals surface area contributed by atoms with Gasteiger partial charge in [0.1, 0.15) is 5.82 Å². The average Bonchev–Trinajstić information content (AvgIpc) is 3.11. The number of pyridine rings is 1. The summed E-state index contributed by atoms with van der Waals surface area (Å²) in [6.07, 6.45) is 1.81. The lowest BCUT2D eigenvalue weighted by Crippen LogP contribution is -2.36. The molecule has 0 saturated carbocycles. The summed E-state index contributed by atoms with van der Waals surface area (Å²) in [5, 5.41) is 3.36. The summed E-state index contributed by atoms with van der Waals surface area (Å²) in [6, 6.07) is 10.9. The van der Waals surface area contributed by atoms with Gasteiger partial charge < -0.3 is 19.9 Å². The Bertz CT molecular complexity index is 868. The van der Waals surface area contributed by atoms with Crippen molar-refractivity contribution in [3.8, 4) is 0 Å². The summed E-state index contributed by atoms with van der Waals surface area (Å²) >= 11 is 6.19. The van der Waals surface area contributed by atoms with Crippen LogP contribution in [0.2, 0.25) is 5.02 Å². The van der Waals surface area contributed by atoms with Crippen molar-refractivity contribution in [3.05, 3.63) is 47.6 Å². The maximum absolute atomic E-state index is 12.6. The third-order valence-corrected chi connectivity index (χ3v) is 5.31. The molecule has 2 aliphatic rings. The van der Waals surface area contributed by atoms with E-state index in [2.05, 4.69) is 15.2 Å². The van der Waals surface area contributed by atoms with Crippen molar-refractivity contribution in [1.82, 2.24) is 4.98 Å². The van der Waals surface area contributed by atoms with Crippen molar-refractivity contribution >= 4 is 40.6 Å². The Morgan fingerprint density at radius 1 is 1.18 bits per heavy atom. The van der Waals surface area contributed by atoms with Crippen LogP contribution >= 0.6 is 11.6 Å². The fourth-order valence-electron chi connectivity index (χ4n) is 3.47. The van der Waals surface area contributed by atoms with Gasteiger partial charge in [-0.1, -0.05) is 23.7 Å². The number of benzene rings is 1. The summed E-state index contributed by atoms with van der Waals surface area (Å²) < 4.78 is 5.34. The number of carbonyl (C=O) groups excluding carboxylic acids is 2. The molecule has 1 atom stereocenters. The second-order valence-corrected chi connectivity index (χ2v) is 7.26. The Balaban J connectivity index is 1.39. The number of carbonyl (C=O) groups is 2. The van der Waals surface area contributed by atoms with Gasteiger partial charge in [0.2, 0.25) is 11.8 Å². The molecule has 1 aromatic heterocycles. The minimum Gasteiger partial charge on any atom is -0.378 e. The molecule has 1 unspecified atom stereocenters. The Morgan fingerprint density at radius 3 is 2.68 bits per heavy atom. The van der Waals surface area contributed by atoms with Crippen LogP contribution in [-0.4, -0.2) is 49.6 Å². The average molecular weight is 401 g/mol. The molecule has 8 heteroatoms. The van der Waals surface area contributed by atoms with Gasteiger partial charge in [-0.05, 0) is 24.3 Å². The third-order valence-electron chi connectivity index (χ3n) is 4.99. The van der Waals surface area contributed by atoms with Gasteiger partial charge in [0, 0.05) is 26.1 Å². The van der Waals surface area contributed by atoms with Crippen LogP contribution in [0.15, 0.2) is 42.6 Å². The summed E-state index contributed by atoms with van der Waals surface area (Å²) in [7, 11) is 0. The molecule has 0 bridgehead atoms. The smallest absolute Gasteiger partial charge is 0.229 e. The first-order chi connectivity index (χ1) is 13.6. The number of ether oxygens (including phenoxy) is 1. The minimum absolute atomic E-state index is 0.103. The first-order valence-electron chi connectivity index (χ1n) is 9.26. The predicted molar refractivity (Wildman–Crippen MR) is 108 cm³/mol. The minimum atomic E-state index is -0.428. The van der Waals surface area contributed by atoms with E-state index in [4.69, 9.17) is 16.3 Å². The fraction of sp³-hybridized carbons (Fsp3) is 0.350. The molecular weight excluding hydrogens is 380 g/mol. The van der Waals surface area contributed by atoms with Gasteiger partial charge in [-0.2, -0.15) is 0 Å². The largest absolute Gasteiger partial charge is 0.378 e. The molecule has 0 aliphatic carbocycles. The molecule has 1 N–H and O–H groups in total. The Morgan fingerprint density at radius 2 is 1.96 bits per heavy atom. The molecule has 3 heterocycles. The number of anilines is 3. The quantitative estimate of drug-likeness (QED) is 0.853. The van der Waals surface area contributed by atoms with Crippen LogP contribution in [0.4, 0.5) is 17.2 Å². The van der Waals surface area contributed by atoms with Gasteiger partial charge in [0.15, 0.2) is 0 Å². The van der Waals surface area contributed by atoms with E-state index in [1.54, 1.807) is 23.2 Å². The molecule has 28 heavy (non-hydrogen) atoms. The molecule has 4 rings (SSSR count). The summed E-state index contributed by atoms with van der Waals surface area (Å²) in [4.78, 5) is 33.2. The normalized spacial score (nSPS) is 19.8. The van der Waals surface area contributed by atoms with Gasteiger partial charge in [0.05, 0.1) is 41.7 Å². The van der Waals surface area contributed by atoms with Crippen molar-refractivity contribution in [2.45, 2.75) is 6.42 Å². The second kappa shape index (κ2) is 8.16. The molecule has 1 aromatic carbocycles. The lowest BCUT2D eigenvalue weighted by atomic mass is 10.1. The molecule has 2 aromatic rings. The van der Waals surface area contributed by atoms with Crippen LogP contribution in [0.5, 0.6) is 0 Å². The Hall–Kier alpha value is -2.64. The number of para-hydroxylation sites is 1. The van der Waals surface area contributed by atoms with E-state index in [1.165, 1.54) is 0 Å². The van der Waals surface area contributed by atoms with E-state index < -0.39 is 5.92 Å². The summed E-state index contributed by atoms with van der Waals surface area (Å²) in [5.74, 6) is 0.141. The van der Waals surface area contributed by atoms with Crippen molar-refractivity contribution in [3.63, 3.8) is 0 Å². The van der Waals surface area contributed by atoms with E-state index in [0.29, 0.717) is 36.2 Å². The SMILES string of the molecule is O=C(Nc1ccc(N2CCOCC2)nc1)C1CC(=O)N(c2ccccc2Cl)C1. The zero-order valence-corrected chi connectivity index (χ0v) is 16.1. The van der Waals surface area contributed by atoms with E-state index in [0.717, 1.165) is 18.9 Å². The Labute approximate surface area is 168 Å². The molecule has 0 radical (unpaired) electrons. The molecular formula is C20H21ClN4O3. The highest BCUT2D eigenvalue weighted by atomic mass is 35.5. The molecule has 7 nitrogen and oxygen atoms in total. The Kier molecular flexibility index (Phi) is 5.45. The molecule has 0 spiro atoms. The van der Waals surface area contributed by atoms with Crippen LogP contribution < -0.4 is 15.1 Å². The number of halogens is 1. The highest BCUT2D eigenvalue weighted by Crippen LogP contribution is 2.31. The van der Waals surface area contributed by atoms with Gasteiger partial charge in [-0.15, -0.1) is 0 Å². The zero-order valence-electron chi connectivity index (χ0n) is 15.3. The molecule has 2 amide bonds. The monoisotopic (exact) mass is 400 g/mol. The highest BCUT2D eigenvalue weighted by molar-refractivity contribution is 6.33. The number of hydrogen-bond acceptors (Lipinski definition) is 5. The number of nitrogens with zero attached hydrogens (tertiary/aromatic N) is 3.